The zero-order chi connectivity index (χ0) is 27.4. The van der Waals surface area contributed by atoms with Gasteiger partial charge in [0.2, 0.25) is 5.91 Å². The van der Waals surface area contributed by atoms with Crippen LogP contribution in [-0.2, 0) is 61.9 Å². The molecule has 0 aliphatic carbocycles. The minimum atomic E-state index is -1.08. The number of esters is 4. The monoisotopic (exact) mass is 549 g/mol. The van der Waals surface area contributed by atoms with Crippen molar-refractivity contribution >= 4 is 41.5 Å². The first kappa shape index (κ1) is 29.1. The third-order valence-corrected chi connectivity index (χ3v) is 7.09. The molecule has 37 heavy (non-hydrogen) atoms. The Bertz CT molecular complexity index is 900. The molecule has 0 bridgehead atoms. The van der Waals surface area contributed by atoms with E-state index in [0.29, 0.717) is 0 Å². The zero-order valence-corrected chi connectivity index (χ0v) is 22.1. The Kier molecular flexibility index (Phi) is 9.74. The maximum absolute atomic E-state index is 13.0. The summed E-state index contributed by atoms with van der Waals surface area (Å²) in [6.45, 7) is 4.68. The summed E-state index contributed by atoms with van der Waals surface area (Å²) in [5, 5.41) is -0.717. The van der Waals surface area contributed by atoms with Crippen LogP contribution in [0.5, 0.6) is 0 Å². The van der Waals surface area contributed by atoms with Gasteiger partial charge in [-0.25, -0.2) is 0 Å². The van der Waals surface area contributed by atoms with E-state index in [1.165, 1.54) is 58.6 Å². The Hall–Kier alpha value is -2.46. The average molecular weight is 550 g/mol. The fourth-order valence-electron chi connectivity index (χ4n) is 4.53. The molecular weight excluding hydrogens is 518 g/mol. The van der Waals surface area contributed by atoms with E-state index in [9.17, 15) is 24.0 Å². The molecule has 0 aromatic rings. The molecule has 0 aromatic carbocycles. The summed E-state index contributed by atoms with van der Waals surface area (Å²) in [4.78, 5) is 61.5. The third-order valence-electron chi connectivity index (χ3n) is 5.81. The fraction of sp³-hybridized carbons (Fsp3) is 0.773. The molecule has 1 amide bonds. The van der Waals surface area contributed by atoms with Gasteiger partial charge in [-0.05, 0) is 0 Å². The molecule has 3 aliphatic heterocycles. The van der Waals surface area contributed by atoms with Gasteiger partial charge in [0.15, 0.2) is 37.0 Å². The SMILES string of the molecule is CO[C@@H]1O[C@H](CN2C(=O)CS[C@H]2C2O[C@@H](OC)[C@H](OC(C)=O)[C@@H]2OC(C)=O)[C@@H](OC(C)=O)[C@H]1OC(C)=O. The van der Waals surface area contributed by atoms with Gasteiger partial charge >= 0.3 is 23.9 Å². The average Bonchev–Trinajstić information content (AvgIpc) is 3.42. The number of carbonyl (C=O) groups is 5. The highest BCUT2D eigenvalue weighted by Gasteiger charge is 2.57. The van der Waals surface area contributed by atoms with E-state index in [2.05, 4.69) is 0 Å². The number of amides is 1. The number of carbonyl (C=O) groups excluding carboxylic acids is 5. The lowest BCUT2D eigenvalue weighted by Crippen LogP contribution is -2.51. The first-order chi connectivity index (χ1) is 17.5. The molecule has 3 aliphatic rings. The quantitative estimate of drug-likeness (QED) is 0.263. The molecule has 0 aromatic heterocycles. The van der Waals surface area contributed by atoms with E-state index in [-0.39, 0.29) is 18.2 Å². The first-order valence-electron chi connectivity index (χ1n) is 11.4. The van der Waals surface area contributed by atoms with Crippen LogP contribution in [0.15, 0.2) is 0 Å². The summed E-state index contributed by atoms with van der Waals surface area (Å²) >= 11 is 1.22. The maximum Gasteiger partial charge on any atom is 0.303 e. The number of hydrogen-bond acceptors (Lipinski definition) is 14. The smallest absolute Gasteiger partial charge is 0.303 e. The van der Waals surface area contributed by atoms with Crippen molar-refractivity contribution in [1.82, 2.24) is 4.90 Å². The molecule has 3 rings (SSSR count). The maximum atomic E-state index is 13.0. The Balaban J connectivity index is 1.88. The summed E-state index contributed by atoms with van der Waals surface area (Å²) in [6.07, 6.45) is -8.26. The molecule has 208 valence electrons. The van der Waals surface area contributed by atoms with Crippen molar-refractivity contribution in [1.29, 1.82) is 0 Å². The molecule has 1 unspecified atom stereocenters. The van der Waals surface area contributed by atoms with E-state index in [4.69, 9.17) is 37.9 Å². The van der Waals surface area contributed by atoms with E-state index < -0.39 is 78.5 Å². The van der Waals surface area contributed by atoms with E-state index in [1.54, 1.807) is 0 Å². The second-order valence-corrected chi connectivity index (χ2v) is 9.63. The van der Waals surface area contributed by atoms with Gasteiger partial charge in [0.25, 0.3) is 0 Å². The van der Waals surface area contributed by atoms with Crippen LogP contribution in [0.1, 0.15) is 27.7 Å². The van der Waals surface area contributed by atoms with Crippen molar-refractivity contribution in [3.63, 3.8) is 0 Å². The van der Waals surface area contributed by atoms with Crippen LogP contribution in [0.4, 0.5) is 0 Å². The van der Waals surface area contributed by atoms with E-state index in [1.807, 2.05) is 0 Å². The molecule has 3 heterocycles. The Morgan fingerprint density at radius 1 is 0.784 bits per heavy atom. The summed E-state index contributed by atoms with van der Waals surface area (Å²) in [5.74, 6) is -2.78. The van der Waals surface area contributed by atoms with Gasteiger partial charge in [-0.15, -0.1) is 11.8 Å². The lowest BCUT2D eigenvalue weighted by molar-refractivity contribution is -0.182. The second-order valence-electron chi connectivity index (χ2n) is 8.53. The normalized spacial score (nSPS) is 35.4. The van der Waals surface area contributed by atoms with Crippen molar-refractivity contribution in [2.75, 3.05) is 26.5 Å². The molecular formula is C22H31NO13S. The van der Waals surface area contributed by atoms with Crippen LogP contribution < -0.4 is 0 Å². The molecule has 0 saturated carbocycles. The molecule has 0 N–H and O–H groups in total. The highest BCUT2D eigenvalue weighted by molar-refractivity contribution is 8.01. The van der Waals surface area contributed by atoms with E-state index in [0.717, 1.165) is 0 Å². The summed E-state index contributed by atoms with van der Waals surface area (Å²) in [7, 11) is 2.68. The number of thioether (sulfide) groups is 1. The minimum Gasteiger partial charge on any atom is -0.456 e. The van der Waals surface area contributed by atoms with Crippen molar-refractivity contribution in [2.24, 2.45) is 0 Å². The van der Waals surface area contributed by atoms with Crippen LogP contribution in [0.2, 0.25) is 0 Å². The minimum absolute atomic E-state index is 0.0687. The van der Waals surface area contributed by atoms with Crippen molar-refractivity contribution in [3.8, 4) is 0 Å². The standard InChI is InChI=1S/C22H31NO13S/c1-9(24)31-15-13(35-21(29-5)18(15)33-11(3)26)7-23-14(28)8-37-20(23)17-16(32-10(2)25)19(34-12(4)27)22(30-6)36-17/h13,15-22H,7-8H2,1-6H3/t13-,15-,16-,17?,18-,19-,20+,21-,22-/m1/s1. The summed E-state index contributed by atoms with van der Waals surface area (Å²) in [6, 6.07) is 0. The lowest BCUT2D eigenvalue weighted by Gasteiger charge is -2.33. The molecule has 0 spiro atoms. The van der Waals surface area contributed by atoms with Gasteiger partial charge in [0, 0.05) is 41.9 Å². The second kappa shape index (κ2) is 12.4. The predicted molar refractivity (Wildman–Crippen MR) is 122 cm³/mol. The van der Waals surface area contributed by atoms with Gasteiger partial charge in [0.1, 0.15) is 17.6 Å². The van der Waals surface area contributed by atoms with Gasteiger partial charge in [0.05, 0.1) is 12.3 Å². The number of nitrogens with zero attached hydrogens (tertiary/aromatic N) is 1. The van der Waals surface area contributed by atoms with Crippen LogP contribution in [0.25, 0.3) is 0 Å². The lowest BCUT2D eigenvalue weighted by atomic mass is 10.1. The van der Waals surface area contributed by atoms with Crippen LogP contribution in [0.3, 0.4) is 0 Å². The van der Waals surface area contributed by atoms with Crippen LogP contribution in [-0.4, -0.2) is 116 Å². The van der Waals surface area contributed by atoms with Gasteiger partial charge in [-0.2, -0.15) is 0 Å². The number of methoxy groups -OCH3 is 2. The highest BCUT2D eigenvalue weighted by Crippen LogP contribution is 2.39. The van der Waals surface area contributed by atoms with Crippen molar-refractivity contribution in [3.05, 3.63) is 0 Å². The van der Waals surface area contributed by atoms with Crippen molar-refractivity contribution < 1.29 is 61.9 Å². The molecule has 3 fully saturated rings. The summed E-state index contributed by atoms with van der Waals surface area (Å²) in [5.41, 5.74) is 0. The first-order valence-corrected chi connectivity index (χ1v) is 12.5. The third kappa shape index (κ3) is 6.71. The van der Waals surface area contributed by atoms with Crippen LogP contribution in [0, 0.1) is 0 Å². The zero-order valence-electron chi connectivity index (χ0n) is 21.3. The Morgan fingerprint density at radius 2 is 1.24 bits per heavy atom. The number of hydrogen-bond donors (Lipinski definition) is 0. The van der Waals surface area contributed by atoms with Crippen LogP contribution >= 0.6 is 11.8 Å². The molecule has 14 nitrogen and oxygen atoms in total. The highest BCUT2D eigenvalue weighted by atomic mass is 32.2. The van der Waals surface area contributed by atoms with E-state index >= 15 is 0 Å². The molecule has 3 saturated heterocycles. The topological polar surface area (TPSA) is 162 Å². The summed E-state index contributed by atoms with van der Waals surface area (Å²) < 4.78 is 43.9. The Morgan fingerprint density at radius 3 is 1.76 bits per heavy atom. The predicted octanol–water partition coefficient (Wildman–Crippen LogP) is -0.643. The van der Waals surface area contributed by atoms with Gasteiger partial charge in [-0.3, -0.25) is 24.0 Å². The fourth-order valence-corrected chi connectivity index (χ4v) is 5.80. The number of rotatable bonds is 9. The largest absolute Gasteiger partial charge is 0.456 e. The molecule has 9 atom stereocenters. The molecule has 15 heteroatoms. The molecule has 0 radical (unpaired) electrons. The van der Waals surface area contributed by atoms with Crippen molar-refractivity contribution in [2.45, 2.75) is 82.3 Å². The number of ether oxygens (including phenoxy) is 8. The van der Waals surface area contributed by atoms with Gasteiger partial charge < -0.3 is 42.8 Å². The Labute approximate surface area is 217 Å². The van der Waals surface area contributed by atoms with Gasteiger partial charge in [-0.1, -0.05) is 0 Å².